The molecule has 0 aliphatic carbocycles. The second-order valence-corrected chi connectivity index (χ2v) is 5.94. The molecule has 0 aliphatic rings. The summed E-state index contributed by atoms with van der Waals surface area (Å²) in [6.07, 6.45) is 12.3. The standard InChI is InChI=1S/C8H6O4.2C6H11N2/c9-7(10)5-3-1-2-4-6(5)8(11)12;2*1-3-8-5-4-7(2)6-8/h1-4H,(H,9,10)(H,11,12);2*4-6H,3H2,1-2H3/q;2*+1/p-2. The molecular formula is C20H26N4O4. The second kappa shape index (κ2) is 11.3. The smallest absolute Gasteiger partial charge is 0.243 e. The third kappa shape index (κ3) is 7.45. The zero-order chi connectivity index (χ0) is 21.1. The summed E-state index contributed by atoms with van der Waals surface area (Å²) in [6, 6.07) is 5.14. The average molecular weight is 386 g/mol. The van der Waals surface area contributed by atoms with E-state index in [4.69, 9.17) is 0 Å². The molecule has 0 unspecified atom stereocenters. The first-order chi connectivity index (χ1) is 13.3. The molecule has 0 amide bonds. The molecular weight excluding hydrogens is 360 g/mol. The van der Waals surface area contributed by atoms with Crippen LogP contribution in [0.15, 0.2) is 61.7 Å². The van der Waals surface area contributed by atoms with Crippen molar-refractivity contribution >= 4 is 11.9 Å². The lowest BCUT2D eigenvalue weighted by Crippen LogP contribution is -2.29. The molecule has 3 aromatic rings. The summed E-state index contributed by atoms with van der Waals surface area (Å²) < 4.78 is 8.31. The lowest BCUT2D eigenvalue weighted by molar-refractivity contribution is -0.693. The number of carboxylic acids is 2. The van der Waals surface area contributed by atoms with Crippen LogP contribution < -0.4 is 19.3 Å². The minimum absolute atomic E-state index is 0.363. The van der Waals surface area contributed by atoms with Gasteiger partial charge in [-0.1, -0.05) is 24.3 Å². The monoisotopic (exact) mass is 386 g/mol. The molecule has 2 aromatic heterocycles. The van der Waals surface area contributed by atoms with Crippen LogP contribution in [-0.2, 0) is 27.2 Å². The van der Waals surface area contributed by atoms with E-state index < -0.39 is 11.9 Å². The van der Waals surface area contributed by atoms with E-state index in [1.165, 1.54) is 12.1 Å². The van der Waals surface area contributed by atoms with Crippen LogP contribution in [0, 0.1) is 0 Å². The molecule has 0 spiro atoms. The van der Waals surface area contributed by atoms with Crippen molar-refractivity contribution in [3.05, 3.63) is 72.8 Å². The van der Waals surface area contributed by atoms with Crippen LogP contribution in [0.2, 0.25) is 0 Å². The molecule has 3 rings (SSSR count). The van der Waals surface area contributed by atoms with Crippen LogP contribution in [0.3, 0.4) is 0 Å². The summed E-state index contributed by atoms with van der Waals surface area (Å²) in [4.78, 5) is 20.6. The molecule has 1 aromatic carbocycles. The van der Waals surface area contributed by atoms with Gasteiger partial charge in [0, 0.05) is 11.1 Å². The van der Waals surface area contributed by atoms with E-state index in [0.717, 1.165) is 25.2 Å². The molecule has 0 saturated heterocycles. The average Bonchev–Trinajstić information content (AvgIpc) is 3.30. The molecule has 0 radical (unpaired) electrons. The Labute approximate surface area is 164 Å². The first kappa shape index (κ1) is 22.6. The third-order valence-corrected chi connectivity index (χ3v) is 3.74. The predicted molar refractivity (Wildman–Crippen MR) is 97.7 cm³/mol. The fourth-order valence-corrected chi connectivity index (χ4v) is 2.22. The lowest BCUT2D eigenvalue weighted by atomic mass is 10.1. The van der Waals surface area contributed by atoms with Gasteiger partial charge in [0.15, 0.2) is 0 Å². The highest BCUT2D eigenvalue weighted by Gasteiger charge is 2.01. The number of nitrogens with zero attached hydrogens (tertiary/aromatic N) is 4. The predicted octanol–water partition coefficient (Wildman–Crippen LogP) is -0.921. The number of carbonyl (C=O) groups excluding carboxylic acids is 2. The van der Waals surface area contributed by atoms with Gasteiger partial charge in [-0.25, -0.2) is 18.3 Å². The minimum Gasteiger partial charge on any atom is -0.545 e. The van der Waals surface area contributed by atoms with E-state index in [2.05, 4.69) is 48.0 Å². The zero-order valence-corrected chi connectivity index (χ0v) is 16.6. The van der Waals surface area contributed by atoms with E-state index >= 15 is 0 Å². The number of benzene rings is 1. The van der Waals surface area contributed by atoms with Gasteiger partial charge in [0.2, 0.25) is 12.7 Å². The van der Waals surface area contributed by atoms with Gasteiger partial charge >= 0.3 is 0 Å². The van der Waals surface area contributed by atoms with Crippen molar-refractivity contribution in [2.45, 2.75) is 26.9 Å². The fraction of sp³-hybridized carbons (Fsp3) is 0.300. The van der Waals surface area contributed by atoms with Crippen LogP contribution in [0.1, 0.15) is 34.6 Å². The molecule has 0 N–H and O–H groups in total. The Hall–Kier alpha value is -3.42. The van der Waals surface area contributed by atoms with Gasteiger partial charge in [0.1, 0.15) is 24.8 Å². The van der Waals surface area contributed by atoms with Crippen molar-refractivity contribution in [3.8, 4) is 0 Å². The lowest BCUT2D eigenvalue weighted by Gasteiger charge is -2.09. The summed E-state index contributed by atoms with van der Waals surface area (Å²) in [5, 5.41) is 20.6. The normalized spacial score (nSPS) is 9.57. The first-order valence-corrected chi connectivity index (χ1v) is 8.82. The van der Waals surface area contributed by atoms with Crippen molar-refractivity contribution in [1.29, 1.82) is 0 Å². The molecule has 2 heterocycles. The Balaban J connectivity index is 0.000000217. The highest BCUT2D eigenvalue weighted by Crippen LogP contribution is 2.05. The topological polar surface area (TPSA) is 97.9 Å². The maximum absolute atomic E-state index is 10.3. The number of hydrogen-bond donors (Lipinski definition) is 0. The first-order valence-electron chi connectivity index (χ1n) is 8.82. The highest BCUT2D eigenvalue weighted by atomic mass is 16.4. The van der Waals surface area contributed by atoms with Crippen LogP contribution in [0.4, 0.5) is 0 Å². The molecule has 0 bridgehead atoms. The maximum atomic E-state index is 10.3. The Morgan fingerprint density at radius 3 is 1.36 bits per heavy atom. The molecule has 0 atom stereocenters. The van der Waals surface area contributed by atoms with Crippen molar-refractivity contribution in [3.63, 3.8) is 0 Å². The Morgan fingerprint density at radius 2 is 1.18 bits per heavy atom. The van der Waals surface area contributed by atoms with E-state index in [1.807, 2.05) is 35.6 Å². The van der Waals surface area contributed by atoms with Crippen LogP contribution in [0.25, 0.3) is 0 Å². The summed E-state index contributed by atoms with van der Waals surface area (Å²) >= 11 is 0. The molecule has 150 valence electrons. The molecule has 0 fully saturated rings. The van der Waals surface area contributed by atoms with Gasteiger partial charge in [-0.15, -0.1) is 0 Å². The number of aromatic nitrogens is 4. The minimum atomic E-state index is -1.52. The zero-order valence-electron chi connectivity index (χ0n) is 16.6. The van der Waals surface area contributed by atoms with Gasteiger partial charge in [0.05, 0.1) is 39.1 Å². The Kier molecular flexibility index (Phi) is 9.15. The number of rotatable bonds is 4. The van der Waals surface area contributed by atoms with E-state index in [-0.39, 0.29) is 11.1 Å². The molecule has 8 heteroatoms. The third-order valence-electron chi connectivity index (χ3n) is 3.74. The van der Waals surface area contributed by atoms with Crippen molar-refractivity contribution in [2.75, 3.05) is 0 Å². The number of imidazole rings is 2. The van der Waals surface area contributed by atoms with E-state index in [9.17, 15) is 19.8 Å². The molecule has 0 aliphatic heterocycles. The SMILES string of the molecule is CC[n+]1ccn(C)c1.CC[n+]1ccn(C)c1.O=C([O-])c1ccccc1C(=O)[O-]. The molecule has 0 saturated carbocycles. The van der Waals surface area contributed by atoms with Gasteiger partial charge in [-0.2, -0.15) is 0 Å². The quantitative estimate of drug-likeness (QED) is 0.542. The van der Waals surface area contributed by atoms with Crippen molar-refractivity contribution < 1.29 is 28.9 Å². The van der Waals surface area contributed by atoms with Gasteiger partial charge in [0.25, 0.3) is 0 Å². The maximum Gasteiger partial charge on any atom is 0.243 e. The van der Waals surface area contributed by atoms with E-state index in [0.29, 0.717) is 0 Å². The van der Waals surface area contributed by atoms with Gasteiger partial charge in [-0.05, 0) is 13.8 Å². The summed E-state index contributed by atoms with van der Waals surface area (Å²) in [5.74, 6) is -3.04. The largest absolute Gasteiger partial charge is 0.545 e. The summed E-state index contributed by atoms with van der Waals surface area (Å²) in [6.45, 7) is 6.36. The molecule has 28 heavy (non-hydrogen) atoms. The summed E-state index contributed by atoms with van der Waals surface area (Å²) in [7, 11) is 4.04. The number of carbonyl (C=O) groups is 2. The highest BCUT2D eigenvalue weighted by molar-refractivity contribution is 5.99. The summed E-state index contributed by atoms with van der Waals surface area (Å²) in [5.41, 5.74) is -0.727. The molecule has 8 nitrogen and oxygen atoms in total. The van der Waals surface area contributed by atoms with E-state index in [1.54, 1.807) is 0 Å². The van der Waals surface area contributed by atoms with Crippen LogP contribution in [-0.4, -0.2) is 21.1 Å². The Morgan fingerprint density at radius 1 is 0.821 bits per heavy atom. The van der Waals surface area contributed by atoms with Crippen LogP contribution in [0.5, 0.6) is 0 Å². The number of aryl methyl sites for hydroxylation is 4. The number of hydrogen-bond acceptors (Lipinski definition) is 4. The van der Waals surface area contributed by atoms with Crippen molar-refractivity contribution in [2.24, 2.45) is 14.1 Å². The number of aromatic carboxylic acids is 2. The van der Waals surface area contributed by atoms with Gasteiger partial charge < -0.3 is 19.8 Å². The number of carboxylic acid groups (broad SMARTS) is 2. The second-order valence-electron chi connectivity index (χ2n) is 5.94. The fourth-order valence-electron chi connectivity index (χ4n) is 2.22. The Bertz CT molecular complexity index is 826. The van der Waals surface area contributed by atoms with Gasteiger partial charge in [-0.3, -0.25) is 0 Å². The van der Waals surface area contributed by atoms with Crippen molar-refractivity contribution in [1.82, 2.24) is 9.13 Å². The van der Waals surface area contributed by atoms with Crippen LogP contribution >= 0.6 is 0 Å².